The lowest BCUT2D eigenvalue weighted by atomic mass is 10.3. The molecule has 2 aromatic heterocycles. The van der Waals surface area contributed by atoms with Crippen LogP contribution in [0.5, 0.6) is 0 Å². The van der Waals surface area contributed by atoms with Crippen LogP contribution in [0, 0.1) is 0 Å². The second kappa shape index (κ2) is 6.04. The van der Waals surface area contributed by atoms with Gasteiger partial charge in [0.15, 0.2) is 0 Å². The summed E-state index contributed by atoms with van der Waals surface area (Å²) in [6.07, 6.45) is 6.03. The van der Waals surface area contributed by atoms with Gasteiger partial charge in [-0.05, 0) is 18.6 Å². The summed E-state index contributed by atoms with van der Waals surface area (Å²) >= 11 is 0. The van der Waals surface area contributed by atoms with Crippen LogP contribution in [0.25, 0.3) is 0 Å². The van der Waals surface area contributed by atoms with Crippen LogP contribution in [0.3, 0.4) is 0 Å². The molecule has 2 rings (SSSR count). The van der Waals surface area contributed by atoms with Gasteiger partial charge in [-0.2, -0.15) is 0 Å². The van der Waals surface area contributed by atoms with Crippen molar-refractivity contribution in [3.63, 3.8) is 0 Å². The highest BCUT2D eigenvalue weighted by Gasteiger charge is 2.14. The Hall–Kier alpha value is -2.30. The first-order valence-corrected chi connectivity index (χ1v) is 6.22. The van der Waals surface area contributed by atoms with Gasteiger partial charge in [-0.25, -0.2) is 4.79 Å². The number of ether oxygens (including phenoxy) is 1. The summed E-state index contributed by atoms with van der Waals surface area (Å²) in [5.74, 6) is -0.367. The Balaban J connectivity index is 2.03. The lowest BCUT2D eigenvalue weighted by molar-refractivity contribution is 0.0459. The number of esters is 1. The lowest BCUT2D eigenvalue weighted by Gasteiger charge is -2.07. The Morgan fingerprint density at radius 1 is 1.53 bits per heavy atom. The Labute approximate surface area is 112 Å². The standard InChI is InChI=1S/C14H17N3O2/c1-2-6-17-9-12(15)7-13(17)14(18)19-10-11-4-3-5-16-8-11/h3-5,7-9H,2,6,10,15H2,1H3. The fourth-order valence-electron chi connectivity index (χ4n) is 1.84. The first kappa shape index (κ1) is 13.1. The van der Waals surface area contributed by atoms with Gasteiger partial charge >= 0.3 is 5.97 Å². The highest BCUT2D eigenvalue weighted by Crippen LogP contribution is 2.13. The predicted molar refractivity (Wildman–Crippen MR) is 72.5 cm³/mol. The van der Waals surface area contributed by atoms with Crippen molar-refractivity contribution < 1.29 is 9.53 Å². The molecular formula is C14H17N3O2. The molecule has 0 atom stereocenters. The zero-order valence-electron chi connectivity index (χ0n) is 10.9. The van der Waals surface area contributed by atoms with Crippen LogP contribution in [-0.2, 0) is 17.9 Å². The average molecular weight is 259 g/mol. The number of aryl methyl sites for hydroxylation is 1. The number of hydrogen-bond donors (Lipinski definition) is 1. The van der Waals surface area contributed by atoms with Crippen LogP contribution in [0.15, 0.2) is 36.8 Å². The van der Waals surface area contributed by atoms with E-state index in [0.717, 1.165) is 18.5 Å². The van der Waals surface area contributed by atoms with E-state index in [1.54, 1.807) is 30.7 Å². The molecule has 2 aromatic rings. The van der Waals surface area contributed by atoms with Crippen molar-refractivity contribution in [2.45, 2.75) is 26.5 Å². The Morgan fingerprint density at radius 2 is 2.37 bits per heavy atom. The Kier molecular flexibility index (Phi) is 4.18. The third-order valence-electron chi connectivity index (χ3n) is 2.68. The van der Waals surface area contributed by atoms with Crippen molar-refractivity contribution in [1.82, 2.24) is 9.55 Å². The second-order valence-electron chi connectivity index (χ2n) is 4.29. The van der Waals surface area contributed by atoms with Gasteiger partial charge < -0.3 is 15.0 Å². The summed E-state index contributed by atoms with van der Waals surface area (Å²) in [6, 6.07) is 5.31. The van der Waals surface area contributed by atoms with Crippen LogP contribution in [-0.4, -0.2) is 15.5 Å². The normalized spacial score (nSPS) is 10.4. The first-order valence-electron chi connectivity index (χ1n) is 6.22. The molecule has 0 amide bonds. The largest absolute Gasteiger partial charge is 0.456 e. The van der Waals surface area contributed by atoms with Crippen LogP contribution in [0.4, 0.5) is 5.69 Å². The molecule has 0 unspecified atom stereocenters. The van der Waals surface area contributed by atoms with E-state index in [-0.39, 0.29) is 12.6 Å². The molecule has 0 aliphatic heterocycles. The van der Waals surface area contributed by atoms with E-state index in [0.29, 0.717) is 11.4 Å². The van der Waals surface area contributed by atoms with E-state index in [1.165, 1.54) is 0 Å². The van der Waals surface area contributed by atoms with E-state index in [2.05, 4.69) is 4.98 Å². The highest BCUT2D eigenvalue weighted by atomic mass is 16.5. The van der Waals surface area contributed by atoms with E-state index in [4.69, 9.17) is 10.5 Å². The fraction of sp³-hybridized carbons (Fsp3) is 0.286. The first-order chi connectivity index (χ1) is 9.20. The van der Waals surface area contributed by atoms with Gasteiger partial charge in [-0.15, -0.1) is 0 Å². The number of pyridine rings is 1. The smallest absolute Gasteiger partial charge is 0.355 e. The number of nitrogens with two attached hydrogens (primary N) is 1. The molecular weight excluding hydrogens is 242 g/mol. The highest BCUT2D eigenvalue weighted by molar-refractivity contribution is 5.89. The number of anilines is 1. The molecule has 0 radical (unpaired) electrons. The van der Waals surface area contributed by atoms with E-state index in [9.17, 15) is 4.79 Å². The molecule has 5 heteroatoms. The molecule has 0 aliphatic carbocycles. The van der Waals surface area contributed by atoms with Crippen molar-refractivity contribution in [2.24, 2.45) is 0 Å². The monoisotopic (exact) mass is 259 g/mol. The topological polar surface area (TPSA) is 70.1 Å². The number of aromatic nitrogens is 2. The molecule has 2 heterocycles. The Morgan fingerprint density at radius 3 is 3.05 bits per heavy atom. The van der Waals surface area contributed by atoms with Crippen LogP contribution >= 0.6 is 0 Å². The van der Waals surface area contributed by atoms with Crippen molar-refractivity contribution in [2.75, 3.05) is 5.73 Å². The summed E-state index contributed by atoms with van der Waals surface area (Å²) in [5, 5.41) is 0. The van der Waals surface area contributed by atoms with E-state index >= 15 is 0 Å². The average Bonchev–Trinajstić information content (AvgIpc) is 2.79. The maximum atomic E-state index is 12.0. The molecule has 2 N–H and O–H groups in total. The van der Waals surface area contributed by atoms with Crippen molar-refractivity contribution in [3.05, 3.63) is 48.0 Å². The van der Waals surface area contributed by atoms with Gasteiger partial charge in [0.1, 0.15) is 12.3 Å². The number of hydrogen-bond acceptors (Lipinski definition) is 4. The quantitative estimate of drug-likeness (QED) is 0.836. The third kappa shape index (κ3) is 3.34. The number of carbonyl (C=O) groups excluding carboxylic acids is 1. The second-order valence-corrected chi connectivity index (χ2v) is 4.29. The van der Waals surface area contributed by atoms with Gasteiger partial charge in [0.2, 0.25) is 0 Å². The molecule has 0 aromatic carbocycles. The van der Waals surface area contributed by atoms with Crippen LogP contribution < -0.4 is 5.73 Å². The molecule has 19 heavy (non-hydrogen) atoms. The van der Waals surface area contributed by atoms with Gasteiger partial charge in [-0.1, -0.05) is 13.0 Å². The number of carbonyl (C=O) groups is 1. The molecule has 5 nitrogen and oxygen atoms in total. The van der Waals surface area contributed by atoms with Crippen LogP contribution in [0.2, 0.25) is 0 Å². The third-order valence-corrected chi connectivity index (χ3v) is 2.68. The molecule has 0 saturated carbocycles. The zero-order valence-corrected chi connectivity index (χ0v) is 10.9. The molecule has 0 saturated heterocycles. The molecule has 0 spiro atoms. The number of nitrogen functional groups attached to an aromatic ring is 1. The molecule has 0 bridgehead atoms. The zero-order chi connectivity index (χ0) is 13.7. The molecule has 0 aliphatic rings. The van der Waals surface area contributed by atoms with Crippen LogP contribution in [0.1, 0.15) is 29.4 Å². The number of rotatable bonds is 5. The van der Waals surface area contributed by atoms with Crippen molar-refractivity contribution in [1.29, 1.82) is 0 Å². The summed E-state index contributed by atoms with van der Waals surface area (Å²) in [7, 11) is 0. The van der Waals surface area contributed by atoms with Gasteiger partial charge in [0, 0.05) is 30.7 Å². The summed E-state index contributed by atoms with van der Waals surface area (Å²) in [5.41, 5.74) is 7.64. The summed E-state index contributed by atoms with van der Waals surface area (Å²) < 4.78 is 7.08. The van der Waals surface area contributed by atoms with Crippen molar-refractivity contribution >= 4 is 11.7 Å². The summed E-state index contributed by atoms with van der Waals surface area (Å²) in [4.78, 5) is 16.0. The fourth-order valence-corrected chi connectivity index (χ4v) is 1.84. The predicted octanol–water partition coefficient (Wildman–Crippen LogP) is 2.23. The molecule has 0 fully saturated rings. The van der Waals surface area contributed by atoms with Gasteiger partial charge in [0.25, 0.3) is 0 Å². The van der Waals surface area contributed by atoms with Gasteiger partial charge in [0.05, 0.1) is 5.69 Å². The minimum absolute atomic E-state index is 0.212. The molecule has 100 valence electrons. The Bertz CT molecular complexity index is 549. The van der Waals surface area contributed by atoms with E-state index < -0.39 is 0 Å². The summed E-state index contributed by atoms with van der Waals surface area (Å²) in [6.45, 7) is 3.00. The van der Waals surface area contributed by atoms with Crippen molar-refractivity contribution in [3.8, 4) is 0 Å². The number of nitrogens with zero attached hydrogens (tertiary/aromatic N) is 2. The van der Waals surface area contributed by atoms with E-state index in [1.807, 2.05) is 17.6 Å². The minimum Gasteiger partial charge on any atom is -0.456 e. The maximum absolute atomic E-state index is 12.0. The minimum atomic E-state index is -0.367. The maximum Gasteiger partial charge on any atom is 0.355 e. The lowest BCUT2D eigenvalue weighted by Crippen LogP contribution is -2.11. The van der Waals surface area contributed by atoms with Gasteiger partial charge in [-0.3, -0.25) is 4.98 Å². The SMILES string of the molecule is CCCn1cc(N)cc1C(=O)OCc1cccnc1.